The van der Waals surface area contributed by atoms with Crippen molar-refractivity contribution >= 4 is 35.0 Å². The van der Waals surface area contributed by atoms with Crippen LogP contribution >= 0.6 is 23.2 Å². The Bertz CT molecular complexity index is 612. The zero-order chi connectivity index (χ0) is 17.7. The molecule has 0 aromatic heterocycles. The van der Waals surface area contributed by atoms with E-state index in [0.717, 1.165) is 6.42 Å². The number of β-amino-alcohol motifs (C(OH)–C–C–N with tert-alkyl or cyclic N) is 1. The molecule has 1 aromatic carbocycles. The van der Waals surface area contributed by atoms with Crippen molar-refractivity contribution in [2.75, 3.05) is 19.6 Å². The second-order valence-electron chi connectivity index (χ2n) is 5.68. The second-order valence-corrected chi connectivity index (χ2v) is 6.52. The van der Waals surface area contributed by atoms with Crippen LogP contribution in [-0.2, 0) is 9.59 Å². The van der Waals surface area contributed by atoms with E-state index in [-0.39, 0.29) is 24.9 Å². The van der Waals surface area contributed by atoms with Gasteiger partial charge < -0.3 is 20.1 Å². The Labute approximate surface area is 150 Å². The molecule has 0 radical (unpaired) electrons. The molecule has 1 fully saturated rings. The number of nitrogens with zero attached hydrogens (tertiary/aromatic N) is 1. The van der Waals surface area contributed by atoms with Gasteiger partial charge in [-0.05, 0) is 31.5 Å². The minimum atomic E-state index is -0.817. The summed E-state index contributed by atoms with van der Waals surface area (Å²) in [6.45, 7) is 2.50. The third-order valence-corrected chi connectivity index (χ3v) is 4.21. The molecule has 2 N–H and O–H groups in total. The van der Waals surface area contributed by atoms with Crippen LogP contribution in [0.2, 0.25) is 10.0 Å². The number of benzene rings is 1. The largest absolute Gasteiger partial charge is 0.479 e. The molecule has 1 aliphatic rings. The van der Waals surface area contributed by atoms with Gasteiger partial charge in [-0.1, -0.05) is 23.2 Å². The third kappa shape index (κ3) is 5.26. The Kier molecular flexibility index (Phi) is 6.71. The van der Waals surface area contributed by atoms with E-state index in [4.69, 9.17) is 27.9 Å². The topological polar surface area (TPSA) is 78.9 Å². The fourth-order valence-corrected chi connectivity index (χ4v) is 2.85. The van der Waals surface area contributed by atoms with Crippen molar-refractivity contribution < 1.29 is 19.4 Å². The molecule has 24 heavy (non-hydrogen) atoms. The Balaban J connectivity index is 1.77. The number of carbonyl (C=O) groups excluding carboxylic acids is 2. The minimum Gasteiger partial charge on any atom is -0.479 e. The van der Waals surface area contributed by atoms with Crippen molar-refractivity contribution in [3.05, 3.63) is 28.2 Å². The molecule has 132 valence electrons. The van der Waals surface area contributed by atoms with E-state index in [1.54, 1.807) is 24.0 Å². The molecule has 0 spiro atoms. The first-order valence-electron chi connectivity index (χ1n) is 7.72. The van der Waals surface area contributed by atoms with Crippen molar-refractivity contribution in [2.45, 2.75) is 32.0 Å². The zero-order valence-corrected chi connectivity index (χ0v) is 14.8. The lowest BCUT2D eigenvalue weighted by Crippen LogP contribution is -2.44. The van der Waals surface area contributed by atoms with Gasteiger partial charge in [0.15, 0.2) is 6.10 Å². The van der Waals surface area contributed by atoms with Gasteiger partial charge in [0, 0.05) is 31.1 Å². The van der Waals surface area contributed by atoms with Crippen molar-refractivity contribution in [1.82, 2.24) is 10.2 Å². The maximum Gasteiger partial charge on any atom is 0.260 e. The van der Waals surface area contributed by atoms with Gasteiger partial charge >= 0.3 is 0 Å². The number of aliphatic hydroxyl groups is 1. The lowest BCUT2D eigenvalue weighted by molar-refractivity contribution is -0.129. The summed E-state index contributed by atoms with van der Waals surface area (Å²) >= 11 is 11.8. The van der Waals surface area contributed by atoms with Gasteiger partial charge in [0.25, 0.3) is 5.91 Å². The van der Waals surface area contributed by atoms with E-state index in [1.807, 2.05) is 0 Å². The van der Waals surface area contributed by atoms with E-state index in [9.17, 15) is 14.7 Å². The van der Waals surface area contributed by atoms with E-state index in [2.05, 4.69) is 5.32 Å². The smallest absolute Gasteiger partial charge is 0.260 e. The molecule has 1 aliphatic heterocycles. The highest BCUT2D eigenvalue weighted by Gasteiger charge is 2.23. The van der Waals surface area contributed by atoms with Crippen molar-refractivity contribution in [3.8, 4) is 5.75 Å². The van der Waals surface area contributed by atoms with Gasteiger partial charge in [0.2, 0.25) is 5.91 Å². The minimum absolute atomic E-state index is 0.0365. The van der Waals surface area contributed by atoms with Crippen LogP contribution < -0.4 is 10.1 Å². The maximum atomic E-state index is 12.0. The predicted octanol–water partition coefficient (Wildman–Crippen LogP) is 1.86. The van der Waals surface area contributed by atoms with Crippen LogP contribution in [0.4, 0.5) is 0 Å². The van der Waals surface area contributed by atoms with Gasteiger partial charge in [-0.15, -0.1) is 0 Å². The van der Waals surface area contributed by atoms with Crippen LogP contribution in [0.1, 0.15) is 19.8 Å². The van der Waals surface area contributed by atoms with Gasteiger partial charge in [-0.25, -0.2) is 0 Å². The van der Waals surface area contributed by atoms with Crippen LogP contribution in [0.25, 0.3) is 0 Å². The number of likely N-dealkylation sites (tertiary alicyclic amines) is 1. The summed E-state index contributed by atoms with van der Waals surface area (Å²) in [6.07, 6.45) is -0.275. The number of amides is 2. The average molecular weight is 375 g/mol. The molecule has 0 unspecified atom stereocenters. The first kappa shape index (κ1) is 18.8. The predicted molar refractivity (Wildman–Crippen MR) is 91.4 cm³/mol. The quantitative estimate of drug-likeness (QED) is 0.763. The molecular formula is C16H20Cl2N2O4. The van der Waals surface area contributed by atoms with Crippen molar-refractivity contribution in [2.24, 2.45) is 0 Å². The van der Waals surface area contributed by atoms with E-state index in [0.29, 0.717) is 28.8 Å². The fraction of sp³-hybridized carbons (Fsp3) is 0.500. The van der Waals surface area contributed by atoms with E-state index >= 15 is 0 Å². The molecule has 2 amide bonds. The lowest BCUT2D eigenvalue weighted by Gasteiger charge is -2.21. The number of nitrogens with one attached hydrogen (secondary N) is 1. The summed E-state index contributed by atoms with van der Waals surface area (Å²) in [7, 11) is 0. The monoisotopic (exact) mass is 374 g/mol. The number of hydrogen-bond acceptors (Lipinski definition) is 4. The molecule has 0 bridgehead atoms. The summed E-state index contributed by atoms with van der Waals surface area (Å²) in [5, 5.41) is 13.3. The normalized spacial score (nSPS) is 16.8. The van der Waals surface area contributed by atoms with Crippen LogP contribution in [0.15, 0.2) is 18.2 Å². The Morgan fingerprint density at radius 2 is 2.21 bits per heavy atom. The highest BCUT2D eigenvalue weighted by Crippen LogP contribution is 2.28. The van der Waals surface area contributed by atoms with Crippen molar-refractivity contribution in [3.63, 3.8) is 0 Å². The SMILES string of the molecule is C[C@@H](Oc1ccc(Cl)cc1Cl)C(=O)NC[C@H](O)CN1CCCC1=O. The average Bonchev–Trinajstić information content (AvgIpc) is 2.92. The summed E-state index contributed by atoms with van der Waals surface area (Å²) in [5.74, 6) is 0.00852. The summed E-state index contributed by atoms with van der Waals surface area (Å²) in [6, 6.07) is 4.73. The molecule has 8 heteroatoms. The van der Waals surface area contributed by atoms with Gasteiger partial charge in [-0.3, -0.25) is 9.59 Å². The Morgan fingerprint density at radius 1 is 1.46 bits per heavy atom. The Morgan fingerprint density at radius 3 is 2.83 bits per heavy atom. The molecular weight excluding hydrogens is 355 g/mol. The molecule has 0 aliphatic carbocycles. The molecule has 1 aromatic rings. The highest BCUT2D eigenvalue weighted by molar-refractivity contribution is 6.35. The van der Waals surface area contributed by atoms with E-state index in [1.165, 1.54) is 6.07 Å². The molecule has 0 saturated carbocycles. The van der Waals surface area contributed by atoms with Crippen LogP contribution in [0, 0.1) is 0 Å². The van der Waals surface area contributed by atoms with Gasteiger partial charge in [-0.2, -0.15) is 0 Å². The second kappa shape index (κ2) is 8.55. The Hall–Kier alpha value is -1.50. The lowest BCUT2D eigenvalue weighted by atomic mass is 10.3. The number of halogens is 2. The first-order valence-corrected chi connectivity index (χ1v) is 8.47. The first-order chi connectivity index (χ1) is 11.4. The van der Waals surface area contributed by atoms with E-state index < -0.39 is 12.2 Å². The summed E-state index contributed by atoms with van der Waals surface area (Å²) in [4.78, 5) is 25.1. The fourth-order valence-electron chi connectivity index (χ4n) is 2.39. The molecule has 6 nitrogen and oxygen atoms in total. The number of hydrogen-bond donors (Lipinski definition) is 2. The molecule has 1 saturated heterocycles. The maximum absolute atomic E-state index is 12.0. The molecule has 2 rings (SSSR count). The van der Waals surface area contributed by atoms with Gasteiger partial charge in [0.1, 0.15) is 5.75 Å². The molecule has 2 atom stereocenters. The molecule has 1 heterocycles. The zero-order valence-electron chi connectivity index (χ0n) is 13.3. The third-order valence-electron chi connectivity index (χ3n) is 3.68. The number of aliphatic hydroxyl groups excluding tert-OH is 1. The standard InChI is InChI=1S/C16H20Cl2N2O4/c1-10(24-14-5-4-11(17)7-13(14)18)16(23)19-8-12(21)9-20-6-2-3-15(20)22/h4-5,7,10,12,21H,2-3,6,8-9H2,1H3,(H,19,23)/t10-,12+/m1/s1. The number of ether oxygens (including phenoxy) is 1. The summed E-state index contributed by atoms with van der Waals surface area (Å²) < 4.78 is 5.50. The van der Waals surface area contributed by atoms with Gasteiger partial charge in [0.05, 0.1) is 11.1 Å². The van der Waals surface area contributed by atoms with Crippen LogP contribution in [-0.4, -0.2) is 53.7 Å². The van der Waals surface area contributed by atoms with Crippen LogP contribution in [0.5, 0.6) is 5.75 Å². The van der Waals surface area contributed by atoms with Crippen molar-refractivity contribution in [1.29, 1.82) is 0 Å². The number of carbonyl (C=O) groups is 2. The highest BCUT2D eigenvalue weighted by atomic mass is 35.5. The van der Waals surface area contributed by atoms with Crippen LogP contribution in [0.3, 0.4) is 0 Å². The number of rotatable bonds is 7. The summed E-state index contributed by atoms with van der Waals surface area (Å²) in [5.41, 5.74) is 0.